The second-order valence-electron chi connectivity index (χ2n) is 20.8. The lowest BCUT2D eigenvalue weighted by atomic mass is 9.99. The Balaban J connectivity index is 4.59. The molecule has 2 N–H and O–H groups in total. The van der Waals surface area contributed by atoms with Gasteiger partial charge in [-0.15, -0.1) is 0 Å². The topological polar surface area (TPSA) is 102 Å². The Bertz CT molecular complexity index is 1060. The average molecular weight is 933 g/mol. The van der Waals surface area contributed by atoms with E-state index in [4.69, 9.17) is 0 Å². The van der Waals surface area contributed by atoms with E-state index in [1.807, 2.05) is 44.5 Å². The smallest absolute Gasteiger partial charge is 0.243 e. The molecular formula is C57H113N5O4. The number of unbranched alkanes of at least 4 members (excludes halogenated alkanes) is 28. The molecule has 0 rings (SSSR count). The Morgan fingerprint density at radius 3 is 0.818 bits per heavy atom. The average Bonchev–Trinajstić information content (AvgIpc) is 3.28. The first-order valence-corrected chi connectivity index (χ1v) is 28.8. The van der Waals surface area contributed by atoms with Crippen LogP contribution in [0.1, 0.15) is 274 Å². The molecule has 0 bridgehead atoms. The largest absolute Gasteiger partial charge is 0.353 e. The number of nitrogens with zero attached hydrogens (tertiary/aromatic N) is 3. The van der Waals surface area contributed by atoms with Crippen LogP contribution in [0.2, 0.25) is 0 Å². The van der Waals surface area contributed by atoms with Gasteiger partial charge in [0.2, 0.25) is 23.6 Å². The number of carbonyl (C=O) groups excluding carboxylic acids is 4. The summed E-state index contributed by atoms with van der Waals surface area (Å²) >= 11 is 0. The maximum Gasteiger partial charge on any atom is 0.243 e. The predicted molar refractivity (Wildman–Crippen MR) is 284 cm³/mol. The molecular weight excluding hydrogens is 819 g/mol. The standard InChI is InChI=1S/C57H113N5O4/c1-10-14-16-18-20-22-24-26-28-30-32-34-36-38-40-42-52(63)61(46-12-3)54(50(5)6)56(65)58-44-48-60(9)49-45-59-57(66)55(51(7)8)62(47-13-4)53(64)43-41-39-37-35-33-31-29-27-25-23-21-19-17-15-11-2/h50-51,54-55H,10-49H2,1-9H3,(H,58,65)(H,59,66). The molecule has 0 spiro atoms. The summed E-state index contributed by atoms with van der Waals surface area (Å²) in [7, 11) is 1.99. The molecule has 4 amide bonds. The number of amides is 4. The highest BCUT2D eigenvalue weighted by molar-refractivity contribution is 5.88. The van der Waals surface area contributed by atoms with Crippen molar-refractivity contribution in [1.82, 2.24) is 25.3 Å². The van der Waals surface area contributed by atoms with Crippen LogP contribution in [0.5, 0.6) is 0 Å². The highest BCUT2D eigenvalue weighted by Gasteiger charge is 2.33. The monoisotopic (exact) mass is 932 g/mol. The number of carbonyl (C=O) groups is 4. The van der Waals surface area contributed by atoms with Crippen molar-refractivity contribution in [1.29, 1.82) is 0 Å². The minimum absolute atomic E-state index is 0.00613. The molecule has 0 aliphatic heterocycles. The van der Waals surface area contributed by atoms with E-state index in [2.05, 4.69) is 43.2 Å². The van der Waals surface area contributed by atoms with Gasteiger partial charge in [0.1, 0.15) is 12.1 Å². The minimum atomic E-state index is -0.487. The molecule has 9 nitrogen and oxygen atoms in total. The van der Waals surface area contributed by atoms with Gasteiger partial charge in [0, 0.05) is 52.1 Å². The predicted octanol–water partition coefficient (Wildman–Crippen LogP) is 14.2. The van der Waals surface area contributed by atoms with Crippen LogP contribution in [0.3, 0.4) is 0 Å². The maximum absolute atomic E-state index is 13.6. The normalized spacial score (nSPS) is 12.5. The van der Waals surface area contributed by atoms with Crippen LogP contribution in [0.25, 0.3) is 0 Å². The van der Waals surface area contributed by atoms with Gasteiger partial charge in [0.15, 0.2) is 0 Å². The summed E-state index contributed by atoms with van der Waals surface area (Å²) in [5, 5.41) is 6.25. The molecule has 0 saturated heterocycles. The summed E-state index contributed by atoms with van der Waals surface area (Å²) in [4.78, 5) is 60.0. The number of likely N-dealkylation sites (N-methyl/N-ethyl adjacent to an activating group) is 1. The van der Waals surface area contributed by atoms with Gasteiger partial charge >= 0.3 is 0 Å². The lowest BCUT2D eigenvalue weighted by Gasteiger charge is -2.34. The van der Waals surface area contributed by atoms with Crippen LogP contribution >= 0.6 is 0 Å². The van der Waals surface area contributed by atoms with E-state index in [0.717, 1.165) is 38.5 Å². The van der Waals surface area contributed by atoms with E-state index in [1.54, 1.807) is 0 Å². The van der Waals surface area contributed by atoms with E-state index in [-0.39, 0.29) is 35.5 Å². The molecule has 2 unspecified atom stereocenters. The van der Waals surface area contributed by atoms with Crippen molar-refractivity contribution < 1.29 is 19.2 Å². The number of hydrogen-bond donors (Lipinski definition) is 2. The van der Waals surface area contributed by atoms with Crippen molar-refractivity contribution in [2.45, 2.75) is 286 Å². The summed E-state index contributed by atoms with van der Waals surface area (Å²) in [6, 6.07) is -0.973. The summed E-state index contributed by atoms with van der Waals surface area (Å²) < 4.78 is 0. The Labute approximate surface area is 410 Å². The second-order valence-corrected chi connectivity index (χ2v) is 20.8. The number of nitrogens with one attached hydrogen (secondary N) is 2. The summed E-state index contributed by atoms with van der Waals surface area (Å²) in [6.07, 6.45) is 41.5. The fourth-order valence-electron chi connectivity index (χ4n) is 9.57. The Kier molecular flexibility index (Phi) is 43.8. The molecule has 0 aromatic carbocycles. The van der Waals surface area contributed by atoms with Crippen LogP contribution in [0.15, 0.2) is 0 Å². The van der Waals surface area contributed by atoms with Crippen molar-refractivity contribution >= 4 is 23.6 Å². The highest BCUT2D eigenvalue weighted by atomic mass is 16.2. The van der Waals surface area contributed by atoms with Gasteiger partial charge in [0.25, 0.3) is 0 Å². The van der Waals surface area contributed by atoms with Crippen LogP contribution in [0, 0.1) is 11.8 Å². The molecule has 0 saturated carbocycles. The van der Waals surface area contributed by atoms with Gasteiger partial charge in [-0.2, -0.15) is 0 Å². The van der Waals surface area contributed by atoms with Crippen molar-refractivity contribution in [3.05, 3.63) is 0 Å². The zero-order chi connectivity index (χ0) is 49.0. The van der Waals surface area contributed by atoms with E-state index < -0.39 is 12.1 Å². The lowest BCUT2D eigenvalue weighted by Crippen LogP contribution is -2.54. The van der Waals surface area contributed by atoms with Gasteiger partial charge in [0.05, 0.1) is 0 Å². The van der Waals surface area contributed by atoms with Crippen molar-refractivity contribution in [2.75, 3.05) is 46.3 Å². The van der Waals surface area contributed by atoms with E-state index in [0.29, 0.717) is 52.1 Å². The molecule has 0 fully saturated rings. The fourth-order valence-corrected chi connectivity index (χ4v) is 9.57. The highest BCUT2D eigenvalue weighted by Crippen LogP contribution is 2.20. The van der Waals surface area contributed by atoms with Gasteiger partial charge in [-0.3, -0.25) is 19.2 Å². The van der Waals surface area contributed by atoms with Crippen LogP contribution in [-0.2, 0) is 19.2 Å². The zero-order valence-corrected chi connectivity index (χ0v) is 45.6. The third kappa shape index (κ3) is 34.2. The first-order chi connectivity index (χ1) is 32.0. The molecule has 2 atom stereocenters. The SMILES string of the molecule is CCCCCCCCCCCCCCCCCC(=O)N(CCC)C(C(=O)NCCN(C)CCNC(=O)C(C(C)C)N(CCC)C(=O)CCCCCCCCCCCCCCCCC)C(C)C. The Morgan fingerprint density at radius 1 is 0.348 bits per heavy atom. The third-order valence-electron chi connectivity index (χ3n) is 13.6. The fraction of sp³-hybridized carbons (Fsp3) is 0.930. The van der Waals surface area contributed by atoms with Gasteiger partial charge in [-0.05, 0) is 44.6 Å². The first-order valence-electron chi connectivity index (χ1n) is 28.8. The minimum Gasteiger partial charge on any atom is -0.353 e. The van der Waals surface area contributed by atoms with E-state index in [9.17, 15) is 19.2 Å². The number of hydrogen-bond acceptors (Lipinski definition) is 5. The summed E-state index contributed by atoms with van der Waals surface area (Å²) in [5.74, 6) is 0.0252. The molecule has 390 valence electrons. The summed E-state index contributed by atoms with van der Waals surface area (Å²) in [5.41, 5.74) is 0. The van der Waals surface area contributed by atoms with Crippen LogP contribution < -0.4 is 10.6 Å². The maximum atomic E-state index is 13.6. The van der Waals surface area contributed by atoms with E-state index in [1.165, 1.54) is 167 Å². The van der Waals surface area contributed by atoms with Crippen molar-refractivity contribution in [2.24, 2.45) is 11.8 Å². The molecule has 0 heterocycles. The zero-order valence-electron chi connectivity index (χ0n) is 45.6. The van der Waals surface area contributed by atoms with Gasteiger partial charge in [-0.25, -0.2) is 0 Å². The van der Waals surface area contributed by atoms with E-state index >= 15 is 0 Å². The second kappa shape index (κ2) is 45.3. The first kappa shape index (κ1) is 63.8. The molecule has 0 aromatic rings. The Hall–Kier alpha value is -2.16. The molecule has 0 aliphatic carbocycles. The van der Waals surface area contributed by atoms with Gasteiger partial charge in [-0.1, -0.05) is 235 Å². The van der Waals surface area contributed by atoms with Crippen molar-refractivity contribution in [3.8, 4) is 0 Å². The molecule has 0 radical (unpaired) electrons. The number of rotatable bonds is 48. The Morgan fingerprint density at radius 2 is 0.591 bits per heavy atom. The molecule has 9 heteroatoms. The van der Waals surface area contributed by atoms with Crippen molar-refractivity contribution in [3.63, 3.8) is 0 Å². The third-order valence-corrected chi connectivity index (χ3v) is 13.6. The van der Waals surface area contributed by atoms with Gasteiger partial charge < -0.3 is 25.3 Å². The molecule has 0 aromatic heterocycles. The quantitative estimate of drug-likeness (QED) is 0.0592. The lowest BCUT2D eigenvalue weighted by molar-refractivity contribution is -0.142. The van der Waals surface area contributed by atoms with Crippen LogP contribution in [0.4, 0.5) is 0 Å². The molecule has 0 aliphatic rings. The van der Waals surface area contributed by atoms with Crippen LogP contribution in [-0.4, -0.2) is 96.7 Å². The summed E-state index contributed by atoms with van der Waals surface area (Å²) in [6.45, 7) is 20.2. The molecule has 66 heavy (non-hydrogen) atoms.